The van der Waals surface area contributed by atoms with Crippen LogP contribution in [0.3, 0.4) is 0 Å². The van der Waals surface area contributed by atoms with Gasteiger partial charge in [0.2, 0.25) is 5.91 Å². The van der Waals surface area contributed by atoms with Crippen LogP contribution < -0.4 is 10.6 Å². The van der Waals surface area contributed by atoms with Crippen molar-refractivity contribution in [2.24, 2.45) is 5.92 Å². The highest BCUT2D eigenvalue weighted by molar-refractivity contribution is 5.83. The molecular weight excluding hydrogens is 262 g/mol. The van der Waals surface area contributed by atoms with Gasteiger partial charge in [-0.2, -0.15) is 0 Å². The smallest absolute Gasteiger partial charge is 0.242 e. The molecule has 1 saturated heterocycles. The van der Waals surface area contributed by atoms with E-state index in [0.717, 1.165) is 31.6 Å². The van der Waals surface area contributed by atoms with E-state index >= 15 is 0 Å². The van der Waals surface area contributed by atoms with Crippen molar-refractivity contribution in [1.29, 1.82) is 0 Å². The molecule has 0 saturated carbocycles. The molecule has 1 aromatic carbocycles. The van der Waals surface area contributed by atoms with Crippen molar-refractivity contribution < 1.29 is 4.79 Å². The average Bonchev–Trinajstić information content (AvgIpc) is 2.50. The summed E-state index contributed by atoms with van der Waals surface area (Å²) in [7, 11) is 2.00. The predicted molar refractivity (Wildman–Crippen MR) is 86.1 cm³/mol. The first-order chi connectivity index (χ1) is 10.1. The third kappa shape index (κ3) is 4.05. The molecule has 0 radical (unpaired) electrons. The van der Waals surface area contributed by atoms with Crippen LogP contribution in [0.15, 0.2) is 30.3 Å². The Labute approximate surface area is 127 Å². The third-order valence-corrected chi connectivity index (χ3v) is 4.46. The van der Waals surface area contributed by atoms with Gasteiger partial charge in [0.05, 0.1) is 0 Å². The Kier molecular flexibility index (Phi) is 5.76. The van der Waals surface area contributed by atoms with Crippen LogP contribution in [-0.2, 0) is 4.79 Å². The van der Waals surface area contributed by atoms with Crippen molar-refractivity contribution in [3.05, 3.63) is 35.9 Å². The van der Waals surface area contributed by atoms with Crippen LogP contribution in [0.25, 0.3) is 0 Å². The zero-order chi connectivity index (χ0) is 15.2. The fourth-order valence-corrected chi connectivity index (χ4v) is 2.87. The van der Waals surface area contributed by atoms with Crippen LogP contribution in [0.1, 0.15) is 31.9 Å². The van der Waals surface area contributed by atoms with E-state index in [-0.39, 0.29) is 18.0 Å². The Bertz CT molecular complexity index is 449. The van der Waals surface area contributed by atoms with E-state index in [2.05, 4.69) is 29.4 Å². The number of carbonyl (C=O) groups is 1. The second-order valence-electron chi connectivity index (χ2n) is 5.97. The summed E-state index contributed by atoms with van der Waals surface area (Å²) in [6, 6.07) is 10.0. The van der Waals surface area contributed by atoms with Crippen molar-refractivity contribution in [2.45, 2.75) is 32.4 Å². The van der Waals surface area contributed by atoms with Crippen LogP contribution in [-0.4, -0.2) is 43.5 Å². The molecule has 4 heteroatoms. The van der Waals surface area contributed by atoms with Gasteiger partial charge in [-0.05, 0) is 38.0 Å². The molecule has 1 heterocycles. The monoisotopic (exact) mass is 289 g/mol. The van der Waals surface area contributed by atoms with Crippen LogP contribution in [0.4, 0.5) is 0 Å². The maximum atomic E-state index is 12.8. The number of nitrogens with zero attached hydrogens (tertiary/aromatic N) is 1. The molecule has 116 valence electrons. The molecule has 1 aliphatic rings. The van der Waals surface area contributed by atoms with E-state index in [4.69, 9.17) is 0 Å². The van der Waals surface area contributed by atoms with Gasteiger partial charge in [-0.1, -0.05) is 44.2 Å². The second-order valence-corrected chi connectivity index (χ2v) is 5.97. The van der Waals surface area contributed by atoms with Gasteiger partial charge in [0.25, 0.3) is 0 Å². The zero-order valence-electron chi connectivity index (χ0n) is 13.3. The number of hydrogen-bond donors (Lipinski definition) is 2. The lowest BCUT2D eigenvalue weighted by molar-refractivity contribution is -0.127. The fourth-order valence-electron chi connectivity index (χ4n) is 2.87. The minimum atomic E-state index is -0.217. The summed E-state index contributed by atoms with van der Waals surface area (Å²) in [6.07, 6.45) is 1.12. The summed E-state index contributed by atoms with van der Waals surface area (Å²) < 4.78 is 0. The van der Waals surface area contributed by atoms with E-state index in [1.807, 2.05) is 37.4 Å². The van der Waals surface area contributed by atoms with Gasteiger partial charge in [0.15, 0.2) is 0 Å². The number of likely N-dealkylation sites (N-methyl/N-ethyl adjacent to an activating group) is 1. The molecular formula is C17H27N3O. The minimum Gasteiger partial charge on any atom is -0.350 e. The van der Waals surface area contributed by atoms with E-state index < -0.39 is 0 Å². The fraction of sp³-hybridized carbons (Fsp3) is 0.588. The molecule has 1 aromatic rings. The van der Waals surface area contributed by atoms with Gasteiger partial charge >= 0.3 is 0 Å². The number of rotatable bonds is 5. The molecule has 3 unspecified atom stereocenters. The van der Waals surface area contributed by atoms with E-state index in [9.17, 15) is 4.79 Å². The number of carbonyl (C=O) groups excluding carboxylic acids is 1. The van der Waals surface area contributed by atoms with Crippen LogP contribution in [0, 0.1) is 5.92 Å². The van der Waals surface area contributed by atoms with Crippen molar-refractivity contribution >= 4 is 5.91 Å². The molecule has 21 heavy (non-hydrogen) atoms. The average molecular weight is 289 g/mol. The summed E-state index contributed by atoms with van der Waals surface area (Å²) in [6.45, 7) is 7.04. The maximum Gasteiger partial charge on any atom is 0.242 e. The lowest BCUT2D eigenvalue weighted by Gasteiger charge is -2.33. The van der Waals surface area contributed by atoms with E-state index in [1.54, 1.807) is 0 Å². The molecule has 0 spiro atoms. The van der Waals surface area contributed by atoms with Gasteiger partial charge in [-0.15, -0.1) is 0 Å². The van der Waals surface area contributed by atoms with Gasteiger partial charge in [-0.25, -0.2) is 0 Å². The Balaban J connectivity index is 2.11. The summed E-state index contributed by atoms with van der Waals surface area (Å²) >= 11 is 0. The highest BCUT2D eigenvalue weighted by Gasteiger charge is 2.29. The van der Waals surface area contributed by atoms with Crippen molar-refractivity contribution in [2.75, 3.05) is 26.7 Å². The first kappa shape index (κ1) is 16.0. The van der Waals surface area contributed by atoms with Crippen molar-refractivity contribution in [3.63, 3.8) is 0 Å². The van der Waals surface area contributed by atoms with Gasteiger partial charge in [0, 0.05) is 12.6 Å². The lowest BCUT2D eigenvalue weighted by Crippen LogP contribution is -2.52. The topological polar surface area (TPSA) is 44.4 Å². The molecule has 1 fully saturated rings. The molecule has 2 rings (SSSR count). The largest absolute Gasteiger partial charge is 0.350 e. The number of nitrogens with one attached hydrogen (secondary N) is 2. The molecule has 3 atom stereocenters. The molecule has 0 aromatic heterocycles. The van der Waals surface area contributed by atoms with Gasteiger partial charge in [0.1, 0.15) is 6.04 Å². The Hall–Kier alpha value is -1.39. The zero-order valence-corrected chi connectivity index (χ0v) is 13.3. The van der Waals surface area contributed by atoms with E-state index in [0.29, 0.717) is 5.92 Å². The number of benzene rings is 1. The molecule has 1 amide bonds. The minimum absolute atomic E-state index is 0.103. The van der Waals surface area contributed by atoms with Crippen LogP contribution >= 0.6 is 0 Å². The van der Waals surface area contributed by atoms with Crippen molar-refractivity contribution in [3.8, 4) is 0 Å². The summed E-state index contributed by atoms with van der Waals surface area (Å²) in [5, 5.41) is 6.60. The lowest BCUT2D eigenvalue weighted by atomic mass is 9.94. The first-order valence-corrected chi connectivity index (χ1v) is 7.89. The Morgan fingerprint density at radius 3 is 2.76 bits per heavy atom. The quantitative estimate of drug-likeness (QED) is 0.868. The Morgan fingerprint density at radius 2 is 2.14 bits per heavy atom. The Morgan fingerprint density at radius 1 is 1.43 bits per heavy atom. The molecule has 2 N–H and O–H groups in total. The molecule has 0 aliphatic carbocycles. The normalized spacial score (nSPS) is 23.8. The van der Waals surface area contributed by atoms with Crippen molar-refractivity contribution in [1.82, 2.24) is 15.5 Å². The van der Waals surface area contributed by atoms with Gasteiger partial charge in [-0.3, -0.25) is 9.69 Å². The molecule has 4 nitrogen and oxygen atoms in total. The van der Waals surface area contributed by atoms with Gasteiger partial charge < -0.3 is 10.6 Å². The molecule has 0 bridgehead atoms. The first-order valence-electron chi connectivity index (χ1n) is 7.89. The predicted octanol–water partition coefficient (Wildman–Crippen LogP) is 1.79. The number of hydrogen-bond acceptors (Lipinski definition) is 3. The SMILES string of the molecule is CCN(C)C(C(=O)NC1CNCCC1C)c1ccccc1. The number of amides is 1. The standard InChI is InChI=1S/C17H27N3O/c1-4-20(3)16(14-8-6-5-7-9-14)17(21)19-15-12-18-11-10-13(15)2/h5-9,13,15-16,18H,4,10-12H2,1-3H3,(H,19,21). The third-order valence-electron chi connectivity index (χ3n) is 4.46. The second kappa shape index (κ2) is 7.57. The van der Waals surface area contributed by atoms with Crippen LogP contribution in [0.2, 0.25) is 0 Å². The maximum absolute atomic E-state index is 12.8. The summed E-state index contributed by atoms with van der Waals surface area (Å²) in [5.41, 5.74) is 1.05. The highest BCUT2D eigenvalue weighted by Crippen LogP contribution is 2.20. The number of piperidine rings is 1. The van der Waals surface area contributed by atoms with Crippen LogP contribution in [0.5, 0.6) is 0 Å². The summed E-state index contributed by atoms with van der Waals surface area (Å²) in [5.74, 6) is 0.629. The van der Waals surface area contributed by atoms with E-state index in [1.165, 1.54) is 0 Å². The highest BCUT2D eigenvalue weighted by atomic mass is 16.2. The summed E-state index contributed by atoms with van der Waals surface area (Å²) in [4.78, 5) is 14.9. The molecule has 1 aliphatic heterocycles.